The van der Waals surface area contributed by atoms with Crippen LogP contribution < -0.4 is 0 Å². The molecule has 3 heterocycles. The molecule has 2 aromatic heterocycles. The van der Waals surface area contributed by atoms with E-state index < -0.39 is 0 Å². The van der Waals surface area contributed by atoms with Gasteiger partial charge in [0, 0.05) is 38.4 Å². The molecule has 0 saturated heterocycles. The Labute approximate surface area is 152 Å². The molecule has 26 heavy (non-hydrogen) atoms. The van der Waals surface area contributed by atoms with Crippen LogP contribution in [0.5, 0.6) is 0 Å². The highest BCUT2D eigenvalue weighted by Gasteiger charge is 2.20. The van der Waals surface area contributed by atoms with E-state index >= 15 is 0 Å². The summed E-state index contributed by atoms with van der Waals surface area (Å²) >= 11 is 0. The van der Waals surface area contributed by atoms with Crippen LogP contribution in [0.15, 0.2) is 42.9 Å². The van der Waals surface area contributed by atoms with E-state index in [-0.39, 0.29) is 5.78 Å². The lowest BCUT2D eigenvalue weighted by molar-refractivity contribution is 0.0961. The molecule has 0 unspecified atom stereocenters. The maximum Gasteiger partial charge on any atom is 0.178 e. The first-order valence-electron chi connectivity index (χ1n) is 8.86. The molecule has 132 valence electrons. The molecule has 0 aliphatic carbocycles. The van der Waals surface area contributed by atoms with Gasteiger partial charge in [0.15, 0.2) is 11.6 Å². The fourth-order valence-corrected chi connectivity index (χ4v) is 3.54. The number of H-pyrrole nitrogens is 1. The van der Waals surface area contributed by atoms with Crippen LogP contribution in [0.1, 0.15) is 33.5 Å². The number of benzene rings is 1. The predicted molar refractivity (Wildman–Crippen MR) is 98.7 cm³/mol. The summed E-state index contributed by atoms with van der Waals surface area (Å²) in [7, 11) is 0. The number of carbonyl (C=O) groups is 1. The largest absolute Gasteiger partial charge is 0.298 e. The molecule has 0 bridgehead atoms. The van der Waals surface area contributed by atoms with E-state index in [4.69, 9.17) is 0 Å². The summed E-state index contributed by atoms with van der Waals surface area (Å²) in [6.45, 7) is 4.81. The molecule has 1 aromatic carbocycles. The zero-order chi connectivity index (χ0) is 17.9. The molecule has 1 aliphatic rings. The number of ketones is 1. The van der Waals surface area contributed by atoms with E-state index in [1.165, 1.54) is 16.7 Å². The highest BCUT2D eigenvalue weighted by molar-refractivity contribution is 6.00. The van der Waals surface area contributed by atoms with Crippen molar-refractivity contribution in [3.8, 4) is 11.5 Å². The zero-order valence-corrected chi connectivity index (χ0v) is 14.8. The minimum absolute atomic E-state index is 0.0660. The summed E-state index contributed by atoms with van der Waals surface area (Å²) in [6, 6.07) is 8.22. The maximum atomic E-state index is 12.7. The van der Waals surface area contributed by atoms with Crippen molar-refractivity contribution in [2.24, 2.45) is 0 Å². The van der Waals surface area contributed by atoms with Crippen molar-refractivity contribution in [3.05, 3.63) is 65.1 Å². The van der Waals surface area contributed by atoms with E-state index in [0.717, 1.165) is 26.1 Å². The Balaban J connectivity index is 1.42. The first kappa shape index (κ1) is 16.6. The average Bonchev–Trinajstić information content (AvgIpc) is 3.17. The lowest BCUT2D eigenvalue weighted by atomic mass is 9.95. The molecule has 6 heteroatoms. The molecule has 0 fully saturated rings. The molecule has 0 amide bonds. The van der Waals surface area contributed by atoms with Crippen LogP contribution >= 0.6 is 0 Å². The van der Waals surface area contributed by atoms with Gasteiger partial charge in [0.1, 0.15) is 5.69 Å². The van der Waals surface area contributed by atoms with Crippen LogP contribution in [0.3, 0.4) is 0 Å². The number of aromatic nitrogens is 4. The number of Topliss-reactive ketones (excluding diaryl/α,β-unsaturated/α-hetero) is 1. The van der Waals surface area contributed by atoms with Crippen molar-refractivity contribution in [2.75, 3.05) is 13.1 Å². The third-order valence-electron chi connectivity index (χ3n) is 4.96. The number of fused-ring (bicyclic) bond motifs is 1. The van der Waals surface area contributed by atoms with Crippen molar-refractivity contribution in [3.63, 3.8) is 0 Å². The Kier molecular flexibility index (Phi) is 4.58. The number of carbonyl (C=O) groups excluding carboxylic acids is 1. The molecular formula is C20H21N5O. The summed E-state index contributed by atoms with van der Waals surface area (Å²) < 4.78 is 0. The van der Waals surface area contributed by atoms with Gasteiger partial charge in [-0.1, -0.05) is 18.2 Å². The first-order valence-corrected chi connectivity index (χ1v) is 8.86. The van der Waals surface area contributed by atoms with Crippen LogP contribution in [-0.2, 0) is 13.0 Å². The van der Waals surface area contributed by atoms with Gasteiger partial charge < -0.3 is 0 Å². The lowest BCUT2D eigenvalue weighted by Gasteiger charge is -2.29. The molecule has 0 spiro atoms. The van der Waals surface area contributed by atoms with Gasteiger partial charge in [0.05, 0.1) is 11.8 Å². The van der Waals surface area contributed by atoms with Gasteiger partial charge >= 0.3 is 0 Å². The molecule has 1 N–H and O–H groups in total. The molecule has 6 nitrogen and oxygen atoms in total. The normalized spacial score (nSPS) is 14.2. The minimum Gasteiger partial charge on any atom is -0.298 e. The standard InChI is InChI=1S/C20H21N5O/c1-14-4-2-5-15-13-25(10-6-16(14)15)11-7-18(26)17-12-23-24-19(17)20-21-8-3-9-22-20/h2-5,8-9,12H,6-7,10-11,13H2,1H3,(H,23,24). The lowest BCUT2D eigenvalue weighted by Crippen LogP contribution is -2.32. The number of hydrogen-bond acceptors (Lipinski definition) is 5. The Bertz CT molecular complexity index is 919. The Morgan fingerprint density at radius 2 is 2.08 bits per heavy atom. The first-order chi connectivity index (χ1) is 12.7. The third-order valence-corrected chi connectivity index (χ3v) is 4.96. The molecule has 0 atom stereocenters. The van der Waals surface area contributed by atoms with Crippen molar-refractivity contribution in [1.29, 1.82) is 0 Å². The molecule has 0 radical (unpaired) electrons. The van der Waals surface area contributed by atoms with Gasteiger partial charge in [-0.2, -0.15) is 5.10 Å². The fourth-order valence-electron chi connectivity index (χ4n) is 3.54. The van der Waals surface area contributed by atoms with Crippen LogP contribution in [0.25, 0.3) is 11.5 Å². The van der Waals surface area contributed by atoms with Crippen LogP contribution in [-0.4, -0.2) is 43.9 Å². The van der Waals surface area contributed by atoms with Gasteiger partial charge in [-0.3, -0.25) is 14.8 Å². The van der Waals surface area contributed by atoms with Gasteiger partial charge in [-0.05, 0) is 36.1 Å². The second kappa shape index (κ2) is 7.17. The second-order valence-corrected chi connectivity index (χ2v) is 6.64. The fraction of sp³-hybridized carbons (Fsp3) is 0.300. The van der Waals surface area contributed by atoms with Crippen molar-refractivity contribution in [2.45, 2.75) is 26.3 Å². The zero-order valence-electron chi connectivity index (χ0n) is 14.8. The highest BCUT2D eigenvalue weighted by Crippen LogP contribution is 2.23. The van der Waals surface area contributed by atoms with Gasteiger partial charge in [-0.15, -0.1) is 0 Å². The number of aromatic amines is 1. The Morgan fingerprint density at radius 3 is 2.92 bits per heavy atom. The minimum atomic E-state index is 0.0660. The third kappa shape index (κ3) is 3.28. The number of rotatable bonds is 5. The average molecular weight is 347 g/mol. The summed E-state index contributed by atoms with van der Waals surface area (Å²) in [4.78, 5) is 23.5. The van der Waals surface area contributed by atoms with Crippen LogP contribution in [0, 0.1) is 6.92 Å². The second-order valence-electron chi connectivity index (χ2n) is 6.64. The van der Waals surface area contributed by atoms with Crippen LogP contribution in [0.4, 0.5) is 0 Å². The summed E-state index contributed by atoms with van der Waals surface area (Å²) in [5.74, 6) is 0.562. The van der Waals surface area contributed by atoms with E-state index in [1.807, 2.05) is 0 Å². The molecular weight excluding hydrogens is 326 g/mol. The number of nitrogens with one attached hydrogen (secondary N) is 1. The maximum absolute atomic E-state index is 12.7. The predicted octanol–water partition coefficient (Wildman–Crippen LogP) is 2.81. The molecule has 0 saturated carbocycles. The smallest absolute Gasteiger partial charge is 0.178 e. The highest BCUT2D eigenvalue weighted by atomic mass is 16.1. The van der Waals surface area contributed by atoms with Crippen molar-refractivity contribution < 1.29 is 4.79 Å². The van der Waals surface area contributed by atoms with E-state index in [1.54, 1.807) is 24.7 Å². The van der Waals surface area contributed by atoms with Gasteiger partial charge in [0.25, 0.3) is 0 Å². The van der Waals surface area contributed by atoms with Gasteiger partial charge in [0.2, 0.25) is 0 Å². The van der Waals surface area contributed by atoms with Gasteiger partial charge in [-0.25, -0.2) is 9.97 Å². The van der Waals surface area contributed by atoms with E-state index in [0.29, 0.717) is 23.5 Å². The van der Waals surface area contributed by atoms with Crippen LogP contribution in [0.2, 0.25) is 0 Å². The molecule has 1 aliphatic heterocycles. The number of hydrogen-bond donors (Lipinski definition) is 1. The topological polar surface area (TPSA) is 74.8 Å². The van der Waals surface area contributed by atoms with E-state index in [2.05, 4.69) is 50.2 Å². The van der Waals surface area contributed by atoms with E-state index in [9.17, 15) is 4.79 Å². The monoisotopic (exact) mass is 347 g/mol. The Morgan fingerprint density at radius 1 is 1.23 bits per heavy atom. The molecule has 4 rings (SSSR count). The summed E-state index contributed by atoms with van der Waals surface area (Å²) in [6.07, 6.45) is 6.39. The van der Waals surface area contributed by atoms with Crippen molar-refractivity contribution >= 4 is 5.78 Å². The Hall–Kier alpha value is -2.86. The molecule has 3 aromatic rings. The quantitative estimate of drug-likeness (QED) is 0.718. The number of nitrogens with zero attached hydrogens (tertiary/aromatic N) is 4. The summed E-state index contributed by atoms with van der Waals surface area (Å²) in [5, 5.41) is 6.87. The number of aryl methyl sites for hydroxylation is 1. The summed E-state index contributed by atoms with van der Waals surface area (Å²) in [5.41, 5.74) is 5.36. The van der Waals surface area contributed by atoms with Crippen molar-refractivity contribution in [1.82, 2.24) is 25.1 Å². The SMILES string of the molecule is Cc1cccc2c1CCN(CCC(=O)c1cn[nH]c1-c1ncccn1)C2.